The van der Waals surface area contributed by atoms with Gasteiger partial charge in [-0.3, -0.25) is 4.79 Å². The summed E-state index contributed by atoms with van der Waals surface area (Å²) in [7, 11) is 0. The summed E-state index contributed by atoms with van der Waals surface area (Å²) in [6.45, 7) is 6.78. The third-order valence-electron chi connectivity index (χ3n) is 3.75. The van der Waals surface area contributed by atoms with E-state index in [1.807, 2.05) is 23.1 Å². The van der Waals surface area contributed by atoms with E-state index < -0.39 is 0 Å². The molecule has 0 spiro atoms. The molecule has 1 saturated heterocycles. The third kappa shape index (κ3) is 4.50. The van der Waals surface area contributed by atoms with Crippen LogP contribution in [0.3, 0.4) is 0 Å². The highest BCUT2D eigenvalue weighted by molar-refractivity contribution is 5.85. The minimum Gasteiger partial charge on any atom is -0.336 e. The lowest BCUT2D eigenvalue weighted by Gasteiger charge is -2.32. The topological polar surface area (TPSA) is 32.3 Å². The van der Waals surface area contributed by atoms with E-state index in [9.17, 15) is 4.79 Å². The summed E-state index contributed by atoms with van der Waals surface area (Å²) in [5, 5.41) is 3.33. The average molecular weight is 297 g/mol. The minimum atomic E-state index is 0. The summed E-state index contributed by atoms with van der Waals surface area (Å²) in [4.78, 5) is 14.6. The first-order chi connectivity index (χ1) is 9.18. The molecule has 1 atom stereocenters. The van der Waals surface area contributed by atoms with Crippen LogP contribution in [-0.2, 0) is 11.3 Å². The van der Waals surface area contributed by atoms with Gasteiger partial charge in [0, 0.05) is 19.1 Å². The van der Waals surface area contributed by atoms with E-state index in [0.29, 0.717) is 12.5 Å². The molecule has 4 heteroatoms. The van der Waals surface area contributed by atoms with Crippen LogP contribution >= 0.6 is 12.4 Å². The van der Waals surface area contributed by atoms with E-state index in [2.05, 4.69) is 31.3 Å². The van der Waals surface area contributed by atoms with Crippen molar-refractivity contribution >= 4 is 18.3 Å². The standard InChI is InChI=1S/C16H24N2O.ClH/c1-13(2)18(12-14-7-4-3-5-8-14)16(19)15-9-6-10-17-11-15;/h3-5,7-8,13,15,17H,6,9-12H2,1-2H3;1H. The third-order valence-corrected chi connectivity index (χ3v) is 3.75. The zero-order chi connectivity index (χ0) is 13.7. The van der Waals surface area contributed by atoms with E-state index >= 15 is 0 Å². The number of nitrogens with one attached hydrogen (secondary N) is 1. The molecule has 1 heterocycles. The Hall–Kier alpha value is -1.06. The van der Waals surface area contributed by atoms with Gasteiger partial charge in [-0.25, -0.2) is 0 Å². The van der Waals surface area contributed by atoms with E-state index in [1.54, 1.807) is 0 Å². The number of piperidine rings is 1. The van der Waals surface area contributed by atoms with E-state index in [0.717, 1.165) is 25.9 Å². The van der Waals surface area contributed by atoms with Crippen LogP contribution in [0.5, 0.6) is 0 Å². The van der Waals surface area contributed by atoms with Crippen LogP contribution in [0, 0.1) is 5.92 Å². The molecule has 1 aliphatic heterocycles. The molecular weight excluding hydrogens is 272 g/mol. The zero-order valence-electron chi connectivity index (χ0n) is 12.3. The molecule has 0 bridgehead atoms. The maximum Gasteiger partial charge on any atom is 0.227 e. The van der Waals surface area contributed by atoms with E-state index in [1.165, 1.54) is 5.56 Å². The van der Waals surface area contributed by atoms with Gasteiger partial charge >= 0.3 is 0 Å². The molecule has 0 aliphatic carbocycles. The molecule has 112 valence electrons. The number of amides is 1. The summed E-state index contributed by atoms with van der Waals surface area (Å²) in [6.07, 6.45) is 2.12. The molecule has 1 fully saturated rings. The van der Waals surface area contributed by atoms with Crippen LogP contribution in [0.2, 0.25) is 0 Å². The molecule has 1 aliphatic rings. The fraction of sp³-hybridized carbons (Fsp3) is 0.562. The van der Waals surface area contributed by atoms with Gasteiger partial charge in [-0.2, -0.15) is 0 Å². The van der Waals surface area contributed by atoms with Crippen molar-refractivity contribution in [3.8, 4) is 0 Å². The maximum absolute atomic E-state index is 12.6. The Morgan fingerprint density at radius 1 is 1.35 bits per heavy atom. The van der Waals surface area contributed by atoms with Gasteiger partial charge in [-0.1, -0.05) is 30.3 Å². The molecule has 1 amide bonds. The SMILES string of the molecule is CC(C)N(Cc1ccccc1)C(=O)C1CCCNC1.Cl. The van der Waals surface area contributed by atoms with Crippen molar-refractivity contribution in [3.05, 3.63) is 35.9 Å². The molecule has 1 unspecified atom stereocenters. The Morgan fingerprint density at radius 2 is 2.05 bits per heavy atom. The summed E-state index contributed by atoms with van der Waals surface area (Å²) in [6, 6.07) is 10.5. The smallest absolute Gasteiger partial charge is 0.227 e. The number of carbonyl (C=O) groups is 1. The number of carbonyl (C=O) groups excluding carboxylic acids is 1. The van der Waals surface area contributed by atoms with Gasteiger partial charge < -0.3 is 10.2 Å². The second kappa shape index (κ2) is 8.28. The molecule has 0 aromatic heterocycles. The number of halogens is 1. The van der Waals surface area contributed by atoms with Crippen molar-refractivity contribution in [3.63, 3.8) is 0 Å². The Morgan fingerprint density at radius 3 is 2.60 bits per heavy atom. The highest BCUT2D eigenvalue weighted by atomic mass is 35.5. The Balaban J connectivity index is 0.00000200. The first kappa shape index (κ1) is 17.0. The predicted molar refractivity (Wildman–Crippen MR) is 85.0 cm³/mol. The first-order valence-electron chi connectivity index (χ1n) is 7.23. The van der Waals surface area contributed by atoms with Crippen molar-refractivity contribution in [2.24, 2.45) is 5.92 Å². The number of hydrogen-bond donors (Lipinski definition) is 1. The number of nitrogens with zero attached hydrogens (tertiary/aromatic N) is 1. The molecule has 1 aromatic carbocycles. The second-order valence-corrected chi connectivity index (χ2v) is 5.59. The molecule has 20 heavy (non-hydrogen) atoms. The fourth-order valence-electron chi connectivity index (χ4n) is 2.59. The van der Waals surface area contributed by atoms with Gasteiger partial charge in [0.25, 0.3) is 0 Å². The summed E-state index contributed by atoms with van der Waals surface area (Å²) in [5.41, 5.74) is 1.20. The summed E-state index contributed by atoms with van der Waals surface area (Å²) < 4.78 is 0. The molecular formula is C16H25ClN2O. The lowest BCUT2D eigenvalue weighted by Crippen LogP contribution is -2.45. The average Bonchev–Trinajstić information content (AvgIpc) is 2.46. The van der Waals surface area contributed by atoms with Gasteiger partial charge in [0.05, 0.1) is 5.92 Å². The van der Waals surface area contributed by atoms with Crippen molar-refractivity contribution in [1.82, 2.24) is 10.2 Å². The Labute approximate surface area is 128 Å². The first-order valence-corrected chi connectivity index (χ1v) is 7.23. The van der Waals surface area contributed by atoms with E-state index in [4.69, 9.17) is 0 Å². The maximum atomic E-state index is 12.6. The summed E-state index contributed by atoms with van der Waals surface area (Å²) in [5.74, 6) is 0.450. The molecule has 0 radical (unpaired) electrons. The van der Waals surface area contributed by atoms with E-state index in [-0.39, 0.29) is 24.4 Å². The molecule has 0 saturated carbocycles. The van der Waals surface area contributed by atoms with Gasteiger partial charge in [0.2, 0.25) is 5.91 Å². The van der Waals surface area contributed by atoms with Crippen molar-refractivity contribution < 1.29 is 4.79 Å². The monoisotopic (exact) mass is 296 g/mol. The second-order valence-electron chi connectivity index (χ2n) is 5.59. The minimum absolute atomic E-state index is 0. The van der Waals surface area contributed by atoms with Crippen LogP contribution in [0.25, 0.3) is 0 Å². The van der Waals surface area contributed by atoms with Crippen molar-refractivity contribution in [2.75, 3.05) is 13.1 Å². The van der Waals surface area contributed by atoms with Crippen LogP contribution in [-0.4, -0.2) is 29.9 Å². The number of rotatable bonds is 4. The molecule has 2 rings (SSSR count). The fourth-order valence-corrected chi connectivity index (χ4v) is 2.59. The molecule has 1 N–H and O–H groups in total. The normalized spacial score (nSPS) is 18.4. The van der Waals surface area contributed by atoms with Crippen LogP contribution in [0.15, 0.2) is 30.3 Å². The van der Waals surface area contributed by atoms with Crippen LogP contribution < -0.4 is 5.32 Å². The van der Waals surface area contributed by atoms with Gasteiger partial charge in [-0.05, 0) is 38.8 Å². The van der Waals surface area contributed by atoms with Crippen molar-refractivity contribution in [1.29, 1.82) is 0 Å². The highest BCUT2D eigenvalue weighted by Gasteiger charge is 2.27. The summed E-state index contributed by atoms with van der Waals surface area (Å²) >= 11 is 0. The van der Waals surface area contributed by atoms with Crippen molar-refractivity contribution in [2.45, 2.75) is 39.3 Å². The highest BCUT2D eigenvalue weighted by Crippen LogP contribution is 2.17. The molecule has 3 nitrogen and oxygen atoms in total. The van der Waals surface area contributed by atoms with Gasteiger partial charge in [0.15, 0.2) is 0 Å². The lowest BCUT2D eigenvalue weighted by atomic mass is 9.97. The lowest BCUT2D eigenvalue weighted by molar-refractivity contribution is -0.138. The number of benzene rings is 1. The largest absolute Gasteiger partial charge is 0.336 e. The van der Waals surface area contributed by atoms with Gasteiger partial charge in [0.1, 0.15) is 0 Å². The molecule has 1 aromatic rings. The predicted octanol–water partition coefficient (Wildman–Crippen LogP) is 2.85. The number of hydrogen-bond acceptors (Lipinski definition) is 2. The van der Waals surface area contributed by atoms with Gasteiger partial charge in [-0.15, -0.1) is 12.4 Å². The quantitative estimate of drug-likeness (QED) is 0.926. The zero-order valence-corrected chi connectivity index (χ0v) is 13.2. The Kier molecular flexibility index (Phi) is 7.03. The van der Waals surface area contributed by atoms with Crippen LogP contribution in [0.4, 0.5) is 0 Å². The Bertz CT molecular complexity index is 402. The van der Waals surface area contributed by atoms with Crippen LogP contribution in [0.1, 0.15) is 32.3 Å².